The first kappa shape index (κ1) is 21.9. The van der Waals surface area contributed by atoms with Crippen LogP contribution in [0.3, 0.4) is 0 Å². The highest BCUT2D eigenvalue weighted by Crippen LogP contribution is 2.28. The number of nitrogens with zero attached hydrogens (tertiary/aromatic N) is 2. The van der Waals surface area contributed by atoms with Gasteiger partial charge in [0.15, 0.2) is 0 Å². The van der Waals surface area contributed by atoms with E-state index < -0.39 is 18.6 Å². The van der Waals surface area contributed by atoms with Crippen molar-refractivity contribution < 1.29 is 22.8 Å². The number of carbonyl (C=O) groups is 2. The normalized spacial score (nSPS) is 15.2. The van der Waals surface area contributed by atoms with Crippen LogP contribution in [0.15, 0.2) is 48.5 Å². The summed E-state index contributed by atoms with van der Waals surface area (Å²) in [6, 6.07) is 15.4. The predicted molar refractivity (Wildman–Crippen MR) is 113 cm³/mol. The van der Waals surface area contributed by atoms with Crippen LogP contribution in [0.4, 0.5) is 13.2 Å². The van der Waals surface area contributed by atoms with Gasteiger partial charge in [-0.1, -0.05) is 42.5 Å². The Labute approximate surface area is 182 Å². The molecule has 32 heavy (non-hydrogen) atoms. The monoisotopic (exact) mass is 444 g/mol. The number of aromatic nitrogens is 2. The molecule has 168 valence electrons. The second-order valence-corrected chi connectivity index (χ2v) is 7.98. The molecule has 0 spiro atoms. The number of alkyl halides is 3. The number of hydrogen-bond donors (Lipinski definition) is 2. The van der Waals surface area contributed by atoms with E-state index in [0.29, 0.717) is 38.0 Å². The van der Waals surface area contributed by atoms with Gasteiger partial charge in [0.25, 0.3) is 5.91 Å². The van der Waals surface area contributed by atoms with E-state index in [1.165, 1.54) is 6.07 Å². The largest absolute Gasteiger partial charge is 0.405 e. The van der Waals surface area contributed by atoms with E-state index in [-0.39, 0.29) is 17.5 Å². The molecule has 9 heteroatoms. The van der Waals surface area contributed by atoms with Crippen LogP contribution < -0.4 is 5.32 Å². The number of H-pyrrole nitrogens is 1. The number of benzene rings is 2. The van der Waals surface area contributed by atoms with Crippen LogP contribution in [0.25, 0.3) is 10.8 Å². The maximum atomic E-state index is 12.9. The highest BCUT2D eigenvalue weighted by molar-refractivity contribution is 5.92. The van der Waals surface area contributed by atoms with Crippen LogP contribution in [-0.4, -0.2) is 52.7 Å². The van der Waals surface area contributed by atoms with Crippen molar-refractivity contribution in [3.63, 3.8) is 0 Å². The maximum Gasteiger partial charge on any atom is 0.405 e. The average molecular weight is 444 g/mol. The molecule has 0 atom stereocenters. The second kappa shape index (κ2) is 9.02. The molecule has 1 aromatic heterocycles. The molecule has 2 heterocycles. The molecular formula is C23H23F3N4O2. The Bertz CT molecular complexity index is 1110. The quantitative estimate of drug-likeness (QED) is 0.628. The summed E-state index contributed by atoms with van der Waals surface area (Å²) in [6.45, 7) is -0.253. The van der Waals surface area contributed by atoms with Crippen molar-refractivity contribution in [1.29, 1.82) is 0 Å². The van der Waals surface area contributed by atoms with Crippen LogP contribution in [0.1, 0.15) is 40.5 Å². The minimum atomic E-state index is -4.47. The Morgan fingerprint density at radius 1 is 1.09 bits per heavy atom. The molecule has 0 aliphatic carbocycles. The third-order valence-corrected chi connectivity index (χ3v) is 5.79. The maximum absolute atomic E-state index is 12.9. The molecule has 3 aromatic rings. The van der Waals surface area contributed by atoms with Gasteiger partial charge in [-0.15, -0.1) is 0 Å². The lowest BCUT2D eigenvalue weighted by molar-refractivity contribution is -0.131. The van der Waals surface area contributed by atoms with Gasteiger partial charge >= 0.3 is 6.18 Å². The summed E-state index contributed by atoms with van der Waals surface area (Å²) >= 11 is 0. The van der Waals surface area contributed by atoms with Crippen LogP contribution in [0.2, 0.25) is 0 Å². The number of piperidine rings is 1. The fourth-order valence-electron chi connectivity index (χ4n) is 4.09. The predicted octanol–water partition coefficient (Wildman–Crippen LogP) is 3.80. The molecule has 1 fully saturated rings. The first-order chi connectivity index (χ1) is 15.3. The molecule has 1 aliphatic rings. The summed E-state index contributed by atoms with van der Waals surface area (Å²) in [7, 11) is 0. The Morgan fingerprint density at radius 2 is 1.81 bits per heavy atom. The van der Waals surface area contributed by atoms with E-state index in [0.717, 1.165) is 16.3 Å². The van der Waals surface area contributed by atoms with E-state index in [1.807, 2.05) is 52.7 Å². The lowest BCUT2D eigenvalue weighted by atomic mass is 9.93. The van der Waals surface area contributed by atoms with E-state index in [9.17, 15) is 22.8 Å². The van der Waals surface area contributed by atoms with Gasteiger partial charge in [-0.3, -0.25) is 14.7 Å². The van der Waals surface area contributed by atoms with Crippen molar-refractivity contribution in [2.24, 2.45) is 0 Å². The Morgan fingerprint density at radius 3 is 2.56 bits per heavy atom. The summed E-state index contributed by atoms with van der Waals surface area (Å²) in [5.41, 5.74) is 1.63. The first-order valence-electron chi connectivity index (χ1n) is 10.4. The molecular weight excluding hydrogens is 421 g/mol. The zero-order chi connectivity index (χ0) is 22.7. The number of nitrogens with one attached hydrogen (secondary N) is 2. The van der Waals surface area contributed by atoms with Crippen molar-refractivity contribution in [1.82, 2.24) is 20.4 Å². The topological polar surface area (TPSA) is 78.1 Å². The summed E-state index contributed by atoms with van der Waals surface area (Å²) in [5.74, 6) is -0.738. The number of carbonyl (C=O) groups excluding carboxylic acids is 2. The number of likely N-dealkylation sites (tertiary alicyclic amines) is 1. The van der Waals surface area contributed by atoms with E-state index in [4.69, 9.17) is 0 Å². The van der Waals surface area contributed by atoms with Gasteiger partial charge in [0.05, 0.1) is 6.42 Å². The zero-order valence-electron chi connectivity index (χ0n) is 17.3. The number of rotatable bonds is 5. The summed E-state index contributed by atoms with van der Waals surface area (Å²) < 4.78 is 36.8. The number of fused-ring (bicyclic) bond motifs is 1. The summed E-state index contributed by atoms with van der Waals surface area (Å²) in [6.07, 6.45) is -2.76. The highest BCUT2D eigenvalue weighted by Gasteiger charge is 2.29. The van der Waals surface area contributed by atoms with Crippen LogP contribution >= 0.6 is 0 Å². The van der Waals surface area contributed by atoms with Crippen molar-refractivity contribution in [2.75, 3.05) is 19.6 Å². The average Bonchev–Trinajstić information content (AvgIpc) is 3.28. The lowest BCUT2D eigenvalue weighted by Crippen LogP contribution is -2.38. The van der Waals surface area contributed by atoms with Crippen molar-refractivity contribution in [2.45, 2.75) is 31.4 Å². The molecule has 2 amide bonds. The Hall–Kier alpha value is -3.36. The van der Waals surface area contributed by atoms with E-state index in [1.54, 1.807) is 0 Å². The van der Waals surface area contributed by atoms with Crippen molar-refractivity contribution in [3.8, 4) is 0 Å². The molecule has 6 nitrogen and oxygen atoms in total. The van der Waals surface area contributed by atoms with Gasteiger partial charge in [0.2, 0.25) is 5.91 Å². The van der Waals surface area contributed by atoms with E-state index >= 15 is 0 Å². The van der Waals surface area contributed by atoms with Crippen LogP contribution in [-0.2, 0) is 11.2 Å². The van der Waals surface area contributed by atoms with Crippen molar-refractivity contribution >= 4 is 22.6 Å². The number of halogens is 3. The summed E-state index contributed by atoms with van der Waals surface area (Å²) in [5, 5.41) is 10.6. The zero-order valence-corrected chi connectivity index (χ0v) is 17.3. The molecule has 0 radical (unpaired) electrons. The van der Waals surface area contributed by atoms with Gasteiger partial charge < -0.3 is 10.2 Å². The van der Waals surface area contributed by atoms with Gasteiger partial charge in [-0.05, 0) is 35.2 Å². The summed E-state index contributed by atoms with van der Waals surface area (Å²) in [4.78, 5) is 26.5. The highest BCUT2D eigenvalue weighted by atomic mass is 19.4. The van der Waals surface area contributed by atoms with Gasteiger partial charge in [-0.25, -0.2) is 0 Å². The molecule has 0 saturated carbocycles. The molecule has 1 saturated heterocycles. The minimum Gasteiger partial charge on any atom is -0.342 e. The second-order valence-electron chi connectivity index (χ2n) is 7.98. The van der Waals surface area contributed by atoms with Crippen molar-refractivity contribution in [3.05, 3.63) is 65.5 Å². The number of hydrogen-bond acceptors (Lipinski definition) is 3. The molecule has 4 rings (SSSR count). The van der Waals surface area contributed by atoms with Gasteiger partial charge in [-0.2, -0.15) is 18.3 Å². The smallest absolute Gasteiger partial charge is 0.342 e. The minimum absolute atomic E-state index is 0.0632. The number of aromatic amines is 1. The lowest BCUT2D eigenvalue weighted by Gasteiger charge is -2.31. The van der Waals surface area contributed by atoms with Crippen LogP contribution in [0, 0.1) is 0 Å². The van der Waals surface area contributed by atoms with Gasteiger partial charge in [0, 0.05) is 24.7 Å². The molecule has 2 N–H and O–H groups in total. The molecule has 2 aromatic carbocycles. The fourth-order valence-corrected chi connectivity index (χ4v) is 4.09. The standard InChI is InChI=1S/C23H23F3N4O2/c24-23(25,26)14-27-22(32)20-13-19(28-29-20)16-8-10-30(11-9-16)21(31)12-17-6-3-5-15-4-1-2-7-18(15)17/h1-7,13,16H,8-12,14H2,(H,27,32)(H,28,29). The SMILES string of the molecule is O=C(NCC(F)(F)F)c1cc(C2CCN(C(=O)Cc3cccc4ccccc34)CC2)[nH]n1. The van der Waals surface area contributed by atoms with E-state index in [2.05, 4.69) is 10.2 Å². The fraction of sp³-hybridized carbons (Fsp3) is 0.348. The van der Waals surface area contributed by atoms with Gasteiger partial charge in [0.1, 0.15) is 12.2 Å². The molecule has 0 bridgehead atoms. The Balaban J connectivity index is 1.33. The third kappa shape index (κ3) is 5.09. The third-order valence-electron chi connectivity index (χ3n) is 5.79. The number of amides is 2. The molecule has 0 unspecified atom stereocenters. The Kier molecular flexibility index (Phi) is 6.16. The molecule has 1 aliphatic heterocycles. The first-order valence-corrected chi connectivity index (χ1v) is 10.4. The van der Waals surface area contributed by atoms with Crippen LogP contribution in [0.5, 0.6) is 0 Å².